The third kappa shape index (κ3) is 4.28. The molecule has 0 fully saturated rings. The minimum atomic E-state index is -3.11. The molecular formula is C9H20BrNO2S. The van der Waals surface area contributed by atoms with Crippen molar-refractivity contribution in [3.8, 4) is 0 Å². The monoisotopic (exact) mass is 285 g/mol. The van der Waals surface area contributed by atoms with Gasteiger partial charge in [0.2, 0.25) is 10.0 Å². The van der Waals surface area contributed by atoms with Gasteiger partial charge in [-0.15, -0.1) is 0 Å². The molecule has 0 saturated carbocycles. The normalized spacial score (nSPS) is 13.1. The lowest BCUT2D eigenvalue weighted by molar-refractivity contribution is 0.398. The van der Waals surface area contributed by atoms with E-state index < -0.39 is 10.0 Å². The SMILES string of the molecule is CCCS(=O)(=O)NC(CC)(CC)CBr. The molecule has 0 atom stereocenters. The standard InChI is InChI=1S/C9H20BrNO2S/c1-4-7-14(12,13)11-9(5-2,6-3)8-10/h11H,4-8H2,1-3H3. The molecule has 0 unspecified atom stereocenters. The summed E-state index contributed by atoms with van der Waals surface area (Å²) in [5, 5.41) is 0.663. The Bertz CT molecular complexity index is 239. The zero-order chi connectivity index (χ0) is 11.2. The van der Waals surface area contributed by atoms with Crippen molar-refractivity contribution >= 4 is 26.0 Å². The fourth-order valence-electron chi connectivity index (χ4n) is 1.26. The van der Waals surface area contributed by atoms with Crippen molar-refractivity contribution in [2.75, 3.05) is 11.1 Å². The number of rotatable bonds is 7. The molecule has 0 amide bonds. The van der Waals surface area contributed by atoms with Crippen LogP contribution in [0, 0.1) is 0 Å². The van der Waals surface area contributed by atoms with Crippen LogP contribution in [0.3, 0.4) is 0 Å². The lowest BCUT2D eigenvalue weighted by atomic mass is 9.97. The van der Waals surface area contributed by atoms with Gasteiger partial charge in [-0.2, -0.15) is 0 Å². The minimum Gasteiger partial charge on any atom is -0.212 e. The van der Waals surface area contributed by atoms with Gasteiger partial charge in [0.05, 0.1) is 5.75 Å². The number of nitrogens with one attached hydrogen (secondary N) is 1. The number of sulfonamides is 1. The number of alkyl halides is 1. The summed E-state index contributed by atoms with van der Waals surface area (Å²) in [7, 11) is -3.11. The van der Waals surface area contributed by atoms with Gasteiger partial charge in [-0.25, -0.2) is 13.1 Å². The van der Waals surface area contributed by atoms with Crippen LogP contribution in [0.25, 0.3) is 0 Å². The Morgan fingerprint density at radius 3 is 2.00 bits per heavy atom. The molecule has 1 N–H and O–H groups in total. The van der Waals surface area contributed by atoms with E-state index in [-0.39, 0.29) is 11.3 Å². The third-order valence-electron chi connectivity index (χ3n) is 2.45. The molecule has 0 aliphatic carbocycles. The highest BCUT2D eigenvalue weighted by atomic mass is 79.9. The second kappa shape index (κ2) is 6.08. The van der Waals surface area contributed by atoms with Crippen LogP contribution in [0.2, 0.25) is 0 Å². The van der Waals surface area contributed by atoms with Gasteiger partial charge in [0.15, 0.2) is 0 Å². The molecule has 0 aliphatic rings. The summed E-state index contributed by atoms with van der Waals surface area (Å²) >= 11 is 3.37. The molecule has 0 aromatic rings. The van der Waals surface area contributed by atoms with E-state index in [0.717, 1.165) is 12.8 Å². The van der Waals surface area contributed by atoms with Crippen molar-refractivity contribution in [3.63, 3.8) is 0 Å². The first kappa shape index (κ1) is 14.4. The van der Waals surface area contributed by atoms with Crippen molar-refractivity contribution in [3.05, 3.63) is 0 Å². The molecule has 0 aromatic heterocycles. The highest BCUT2D eigenvalue weighted by Crippen LogP contribution is 2.19. The van der Waals surface area contributed by atoms with Crippen LogP contribution in [-0.4, -0.2) is 25.0 Å². The molecule has 0 bridgehead atoms. The highest BCUT2D eigenvalue weighted by Gasteiger charge is 2.29. The van der Waals surface area contributed by atoms with Crippen molar-refractivity contribution in [1.29, 1.82) is 0 Å². The molecule has 0 aromatic carbocycles. The van der Waals surface area contributed by atoms with E-state index >= 15 is 0 Å². The third-order valence-corrected chi connectivity index (χ3v) is 5.22. The van der Waals surface area contributed by atoms with Crippen LogP contribution in [0.5, 0.6) is 0 Å². The fourth-order valence-corrected chi connectivity index (χ4v) is 4.04. The van der Waals surface area contributed by atoms with Crippen molar-refractivity contribution in [2.45, 2.75) is 45.6 Å². The highest BCUT2D eigenvalue weighted by molar-refractivity contribution is 9.09. The van der Waals surface area contributed by atoms with E-state index in [1.54, 1.807) is 0 Å². The number of hydrogen-bond acceptors (Lipinski definition) is 2. The maximum absolute atomic E-state index is 11.6. The maximum Gasteiger partial charge on any atom is 0.212 e. The van der Waals surface area contributed by atoms with E-state index in [0.29, 0.717) is 11.8 Å². The zero-order valence-electron chi connectivity index (χ0n) is 9.14. The molecule has 0 aliphatic heterocycles. The van der Waals surface area contributed by atoms with Crippen LogP contribution in [0.4, 0.5) is 0 Å². The van der Waals surface area contributed by atoms with Crippen LogP contribution in [0.15, 0.2) is 0 Å². The summed E-state index contributed by atoms with van der Waals surface area (Å²) in [5.74, 6) is 0.210. The smallest absolute Gasteiger partial charge is 0.212 e. The van der Waals surface area contributed by atoms with Crippen molar-refractivity contribution in [2.24, 2.45) is 0 Å². The molecule has 0 spiro atoms. The van der Waals surface area contributed by atoms with Crippen molar-refractivity contribution < 1.29 is 8.42 Å². The Hall–Kier alpha value is 0.390. The molecule has 86 valence electrons. The molecule has 3 nitrogen and oxygen atoms in total. The summed E-state index contributed by atoms with van der Waals surface area (Å²) in [5.41, 5.74) is -0.312. The van der Waals surface area contributed by atoms with E-state index in [4.69, 9.17) is 0 Å². The van der Waals surface area contributed by atoms with Gasteiger partial charge in [-0.3, -0.25) is 0 Å². The van der Waals surface area contributed by atoms with Gasteiger partial charge >= 0.3 is 0 Å². The van der Waals surface area contributed by atoms with Crippen LogP contribution in [-0.2, 0) is 10.0 Å². The average molecular weight is 286 g/mol. The Labute approximate surface area is 95.8 Å². The van der Waals surface area contributed by atoms with Gasteiger partial charge < -0.3 is 0 Å². The van der Waals surface area contributed by atoms with Crippen LogP contribution < -0.4 is 4.72 Å². The molecule has 0 rings (SSSR count). The molecule has 14 heavy (non-hydrogen) atoms. The van der Waals surface area contributed by atoms with Crippen molar-refractivity contribution in [1.82, 2.24) is 4.72 Å². The van der Waals surface area contributed by atoms with E-state index in [9.17, 15) is 8.42 Å². The molecule has 0 heterocycles. The maximum atomic E-state index is 11.6. The van der Waals surface area contributed by atoms with E-state index in [1.807, 2.05) is 20.8 Å². The summed E-state index contributed by atoms with van der Waals surface area (Å²) in [6.07, 6.45) is 2.26. The Morgan fingerprint density at radius 2 is 1.71 bits per heavy atom. The largest absolute Gasteiger partial charge is 0.212 e. The summed E-state index contributed by atoms with van der Waals surface area (Å²) in [6.45, 7) is 5.87. The van der Waals surface area contributed by atoms with Gasteiger partial charge in [-0.1, -0.05) is 36.7 Å². The second-order valence-corrected chi connectivity index (χ2v) is 5.94. The van der Waals surface area contributed by atoms with Gasteiger partial charge in [0.1, 0.15) is 0 Å². The first-order valence-electron chi connectivity index (χ1n) is 5.03. The fraction of sp³-hybridized carbons (Fsp3) is 1.00. The van der Waals surface area contributed by atoms with Gasteiger partial charge in [-0.05, 0) is 19.3 Å². The molecule has 0 saturated heterocycles. The number of hydrogen-bond donors (Lipinski definition) is 1. The quantitative estimate of drug-likeness (QED) is 0.730. The minimum absolute atomic E-state index is 0.210. The molecular weight excluding hydrogens is 266 g/mol. The predicted molar refractivity (Wildman–Crippen MR) is 64.3 cm³/mol. The van der Waals surface area contributed by atoms with Crippen LogP contribution in [0.1, 0.15) is 40.0 Å². The second-order valence-electron chi connectivity index (χ2n) is 3.54. The average Bonchev–Trinajstić information content (AvgIpc) is 2.14. The van der Waals surface area contributed by atoms with Gasteiger partial charge in [0, 0.05) is 10.9 Å². The predicted octanol–water partition coefficient (Wildman–Crippen LogP) is 2.27. The summed E-state index contributed by atoms with van der Waals surface area (Å²) < 4.78 is 26.0. The topological polar surface area (TPSA) is 46.2 Å². The first-order valence-corrected chi connectivity index (χ1v) is 7.80. The van der Waals surface area contributed by atoms with E-state index in [1.165, 1.54) is 0 Å². The summed E-state index contributed by atoms with van der Waals surface area (Å²) in [6, 6.07) is 0. The first-order chi connectivity index (χ1) is 6.45. The summed E-state index contributed by atoms with van der Waals surface area (Å²) in [4.78, 5) is 0. The lowest BCUT2D eigenvalue weighted by Crippen LogP contribution is -2.49. The van der Waals surface area contributed by atoms with Crippen LogP contribution >= 0.6 is 15.9 Å². The molecule has 5 heteroatoms. The lowest BCUT2D eigenvalue weighted by Gasteiger charge is -2.30. The Morgan fingerprint density at radius 1 is 1.21 bits per heavy atom. The molecule has 0 radical (unpaired) electrons. The van der Waals surface area contributed by atoms with E-state index in [2.05, 4.69) is 20.7 Å². The Balaban J connectivity index is 4.59. The van der Waals surface area contributed by atoms with Gasteiger partial charge in [0.25, 0.3) is 0 Å². The Kier molecular flexibility index (Phi) is 6.25. The zero-order valence-corrected chi connectivity index (χ0v) is 11.5. The number of halogens is 1.